The fourth-order valence-corrected chi connectivity index (χ4v) is 8.33. The molecular formula is C26H37FN4O5Si. The van der Waals surface area contributed by atoms with Gasteiger partial charge >= 0.3 is 5.97 Å². The van der Waals surface area contributed by atoms with E-state index in [1.165, 1.54) is 11.8 Å². The number of benzene rings is 1. The fourth-order valence-electron chi connectivity index (χ4n) is 5.74. The van der Waals surface area contributed by atoms with E-state index in [0.29, 0.717) is 25.1 Å². The SMILES string of the molecule is CC(=O)OC1CC(=O)N1c1cccc(CC[C@@H]2O[C@H](CCn3cc(CCO)nn3)[C@@H]([Si](C)(C)F)[C@@H]2C)c1. The lowest BCUT2D eigenvalue weighted by Crippen LogP contribution is -2.54. The van der Waals surface area contributed by atoms with Crippen molar-refractivity contribution in [3.05, 3.63) is 41.7 Å². The van der Waals surface area contributed by atoms with Gasteiger partial charge in [-0.3, -0.25) is 19.2 Å². The van der Waals surface area contributed by atoms with Crippen LogP contribution in [-0.2, 0) is 38.4 Å². The number of amides is 1. The van der Waals surface area contributed by atoms with Crippen molar-refractivity contribution in [2.75, 3.05) is 11.5 Å². The first-order chi connectivity index (χ1) is 17.6. The lowest BCUT2D eigenvalue weighted by atomic mass is 9.95. The summed E-state index contributed by atoms with van der Waals surface area (Å²) in [5, 5.41) is 17.3. The zero-order valence-corrected chi connectivity index (χ0v) is 23.0. The summed E-state index contributed by atoms with van der Waals surface area (Å²) in [6.45, 7) is 7.56. The Hall–Kier alpha value is -2.63. The van der Waals surface area contributed by atoms with Crippen LogP contribution in [0.5, 0.6) is 0 Å². The van der Waals surface area contributed by atoms with Crippen molar-refractivity contribution < 1.29 is 28.3 Å². The molecule has 0 spiro atoms. The molecule has 0 radical (unpaired) electrons. The van der Waals surface area contributed by atoms with Crippen LogP contribution in [0, 0.1) is 5.92 Å². The Morgan fingerprint density at radius 1 is 1.27 bits per heavy atom. The normalized spacial score (nSPS) is 25.8. The highest BCUT2D eigenvalue weighted by molar-refractivity contribution is 6.72. The van der Waals surface area contributed by atoms with Crippen LogP contribution in [0.4, 0.5) is 9.80 Å². The molecule has 2 fully saturated rings. The first-order valence-corrected chi connectivity index (χ1v) is 15.9. The van der Waals surface area contributed by atoms with Crippen molar-refractivity contribution in [3.8, 4) is 0 Å². The zero-order valence-electron chi connectivity index (χ0n) is 22.0. The Morgan fingerprint density at radius 2 is 2.05 bits per heavy atom. The molecule has 1 aromatic heterocycles. The summed E-state index contributed by atoms with van der Waals surface area (Å²) in [6, 6.07) is 7.69. The second-order valence-corrected chi connectivity index (χ2v) is 14.4. The van der Waals surface area contributed by atoms with E-state index in [4.69, 9.17) is 14.6 Å². The monoisotopic (exact) mass is 532 g/mol. The minimum Gasteiger partial charge on any atom is -0.441 e. The molecule has 0 bridgehead atoms. The van der Waals surface area contributed by atoms with Crippen LogP contribution >= 0.6 is 0 Å². The molecule has 37 heavy (non-hydrogen) atoms. The molecule has 11 heteroatoms. The van der Waals surface area contributed by atoms with Crippen molar-refractivity contribution in [1.29, 1.82) is 0 Å². The van der Waals surface area contributed by atoms with Crippen molar-refractivity contribution in [2.24, 2.45) is 5.92 Å². The van der Waals surface area contributed by atoms with E-state index in [1.807, 2.05) is 30.5 Å². The highest BCUT2D eigenvalue weighted by Gasteiger charge is 2.50. The number of rotatable bonds is 11. The molecule has 3 heterocycles. The van der Waals surface area contributed by atoms with E-state index in [2.05, 4.69) is 17.2 Å². The largest absolute Gasteiger partial charge is 0.441 e. The number of nitrogens with zero attached hydrogens (tertiary/aromatic N) is 4. The van der Waals surface area contributed by atoms with Gasteiger partial charge in [0.1, 0.15) is 0 Å². The van der Waals surface area contributed by atoms with E-state index in [-0.39, 0.29) is 42.6 Å². The van der Waals surface area contributed by atoms with Gasteiger partial charge in [0.25, 0.3) is 0 Å². The van der Waals surface area contributed by atoms with Gasteiger partial charge in [-0.15, -0.1) is 5.10 Å². The molecule has 2 saturated heterocycles. The first kappa shape index (κ1) is 27.4. The summed E-state index contributed by atoms with van der Waals surface area (Å²) in [4.78, 5) is 25.0. The zero-order chi connectivity index (χ0) is 26.7. The molecule has 1 N–H and O–H groups in total. The molecule has 1 aromatic carbocycles. The summed E-state index contributed by atoms with van der Waals surface area (Å²) in [6.07, 6.45) is 3.79. The molecule has 0 saturated carbocycles. The number of aryl methyl sites for hydroxylation is 2. The number of esters is 1. The first-order valence-electron chi connectivity index (χ1n) is 13.0. The molecule has 4 rings (SSSR count). The van der Waals surface area contributed by atoms with Crippen LogP contribution in [0.1, 0.15) is 44.4 Å². The van der Waals surface area contributed by atoms with E-state index in [9.17, 15) is 9.59 Å². The number of aliphatic hydroxyl groups excluding tert-OH is 1. The van der Waals surface area contributed by atoms with Crippen LogP contribution in [0.15, 0.2) is 30.5 Å². The molecule has 0 aliphatic carbocycles. The third-order valence-electron chi connectivity index (χ3n) is 7.41. The van der Waals surface area contributed by atoms with Crippen molar-refractivity contribution in [1.82, 2.24) is 15.0 Å². The summed E-state index contributed by atoms with van der Waals surface area (Å²) in [5.41, 5.74) is 2.37. The number of halogens is 1. The maximum absolute atomic E-state index is 15.4. The van der Waals surface area contributed by atoms with E-state index in [1.54, 1.807) is 17.8 Å². The quantitative estimate of drug-likeness (QED) is 0.205. The summed E-state index contributed by atoms with van der Waals surface area (Å²) in [5.74, 6) is -0.400. The van der Waals surface area contributed by atoms with E-state index in [0.717, 1.165) is 24.1 Å². The number of ether oxygens (including phenoxy) is 2. The van der Waals surface area contributed by atoms with Crippen LogP contribution in [0.2, 0.25) is 18.6 Å². The Bertz CT molecular complexity index is 1110. The van der Waals surface area contributed by atoms with Crippen molar-refractivity contribution >= 4 is 26.0 Å². The van der Waals surface area contributed by atoms with Gasteiger partial charge in [0.15, 0.2) is 6.23 Å². The fraction of sp³-hybridized carbons (Fsp3) is 0.615. The molecule has 2 aliphatic heterocycles. The summed E-state index contributed by atoms with van der Waals surface area (Å²) < 4.78 is 28.9. The third kappa shape index (κ3) is 6.45. The number of carbonyl (C=O) groups excluding carboxylic acids is 2. The van der Waals surface area contributed by atoms with Gasteiger partial charge in [0.05, 0.1) is 24.3 Å². The van der Waals surface area contributed by atoms with Gasteiger partial charge in [0.2, 0.25) is 14.3 Å². The Labute approximate surface area is 218 Å². The number of anilines is 1. The van der Waals surface area contributed by atoms with Crippen LogP contribution < -0.4 is 4.90 Å². The highest BCUT2D eigenvalue weighted by atomic mass is 28.4. The van der Waals surface area contributed by atoms with E-state index >= 15 is 4.11 Å². The predicted molar refractivity (Wildman–Crippen MR) is 138 cm³/mol. The Kier molecular flexibility index (Phi) is 8.45. The molecule has 1 amide bonds. The minimum atomic E-state index is -2.99. The smallest absolute Gasteiger partial charge is 0.304 e. The summed E-state index contributed by atoms with van der Waals surface area (Å²) >= 11 is 0. The lowest BCUT2D eigenvalue weighted by molar-refractivity contribution is -0.153. The van der Waals surface area contributed by atoms with E-state index < -0.39 is 20.6 Å². The average Bonchev–Trinajstić information content (AvgIpc) is 3.39. The minimum absolute atomic E-state index is 0.0252. The number of aliphatic hydroxyl groups is 1. The van der Waals surface area contributed by atoms with Gasteiger partial charge in [-0.1, -0.05) is 24.3 Å². The molecule has 9 nitrogen and oxygen atoms in total. The maximum Gasteiger partial charge on any atom is 0.304 e. The van der Waals surface area contributed by atoms with Crippen LogP contribution in [0.3, 0.4) is 0 Å². The number of carbonyl (C=O) groups is 2. The highest BCUT2D eigenvalue weighted by Crippen LogP contribution is 2.47. The molecule has 5 atom stereocenters. The Balaban J connectivity index is 1.39. The van der Waals surface area contributed by atoms with Crippen LogP contribution in [-0.4, -0.2) is 65.4 Å². The average molecular weight is 533 g/mol. The van der Waals surface area contributed by atoms with Crippen molar-refractivity contribution in [3.63, 3.8) is 0 Å². The second kappa shape index (κ2) is 11.4. The van der Waals surface area contributed by atoms with Gasteiger partial charge in [-0.2, -0.15) is 0 Å². The summed E-state index contributed by atoms with van der Waals surface area (Å²) in [7, 11) is -2.99. The van der Waals surface area contributed by atoms with Crippen molar-refractivity contribution in [2.45, 2.75) is 89.6 Å². The topological polar surface area (TPSA) is 107 Å². The molecular weight excluding hydrogens is 495 g/mol. The molecule has 1 unspecified atom stereocenters. The van der Waals surface area contributed by atoms with Gasteiger partial charge in [0, 0.05) is 43.9 Å². The molecule has 202 valence electrons. The standard InChI is InChI=1S/C26H37FN4O5Si/c1-17-22(9-8-19-6-5-7-21(14-19)31-24(34)15-25(31)35-18(2)33)36-23(26(17)37(3,4)27)10-12-30-16-20(11-13-32)28-29-30/h5-7,14,16-17,22-23,25-26,32H,8-13,15H2,1-4H3/t17-,22+,23-,25?,26+/m1/s1. The number of β-lactam (4-membered cyclic amide) rings is 1. The number of hydrogen-bond donors (Lipinski definition) is 1. The lowest BCUT2D eigenvalue weighted by Gasteiger charge is -2.39. The Morgan fingerprint density at radius 3 is 2.73 bits per heavy atom. The van der Waals surface area contributed by atoms with Crippen LogP contribution in [0.25, 0.3) is 0 Å². The molecule has 2 aromatic rings. The number of hydrogen-bond acceptors (Lipinski definition) is 7. The predicted octanol–water partition coefficient (Wildman–Crippen LogP) is 3.41. The van der Waals surface area contributed by atoms with Gasteiger partial charge in [-0.05, 0) is 56.0 Å². The second-order valence-electron chi connectivity index (χ2n) is 10.6. The van der Waals surface area contributed by atoms with Gasteiger partial charge in [-0.25, -0.2) is 0 Å². The number of aromatic nitrogens is 3. The molecule has 2 aliphatic rings. The van der Waals surface area contributed by atoms with Gasteiger partial charge < -0.3 is 18.7 Å². The third-order valence-corrected chi connectivity index (χ3v) is 9.89. The maximum atomic E-state index is 15.4.